The number of nitrogens with two attached hydrogens (primary N) is 1. The summed E-state index contributed by atoms with van der Waals surface area (Å²) in [7, 11) is 1.91. The van der Waals surface area contributed by atoms with E-state index in [0.29, 0.717) is 0 Å². The maximum absolute atomic E-state index is 12.8. The van der Waals surface area contributed by atoms with E-state index < -0.39 is 0 Å². The Morgan fingerprint density at radius 1 is 1.31 bits per heavy atom. The summed E-state index contributed by atoms with van der Waals surface area (Å²) in [6, 6.07) is 6.21. The zero-order chi connectivity index (χ0) is 11.7. The molecular weight excluding hydrogens is 205 g/mol. The van der Waals surface area contributed by atoms with E-state index in [4.69, 9.17) is 5.73 Å². The van der Waals surface area contributed by atoms with Crippen LogP contribution in [0.1, 0.15) is 18.7 Å². The smallest absolute Gasteiger partial charge is 0.139 e. The van der Waals surface area contributed by atoms with Crippen molar-refractivity contribution in [3.8, 4) is 11.4 Å². The maximum Gasteiger partial charge on any atom is 0.139 e. The van der Waals surface area contributed by atoms with Crippen molar-refractivity contribution in [3.63, 3.8) is 0 Å². The van der Waals surface area contributed by atoms with Gasteiger partial charge < -0.3 is 10.3 Å². The maximum atomic E-state index is 12.8. The molecule has 1 unspecified atom stereocenters. The van der Waals surface area contributed by atoms with Gasteiger partial charge in [-0.1, -0.05) is 0 Å². The molecule has 4 heteroatoms. The molecule has 2 rings (SSSR count). The summed E-state index contributed by atoms with van der Waals surface area (Å²) in [5.41, 5.74) is 7.65. The largest absolute Gasteiger partial charge is 0.330 e. The van der Waals surface area contributed by atoms with Gasteiger partial charge >= 0.3 is 0 Å². The number of hydrogen-bond donors (Lipinski definition) is 1. The zero-order valence-electron chi connectivity index (χ0n) is 9.31. The van der Waals surface area contributed by atoms with Crippen molar-refractivity contribution in [3.05, 3.63) is 42.0 Å². The van der Waals surface area contributed by atoms with Crippen LogP contribution in [0.5, 0.6) is 0 Å². The Balaban J connectivity index is 2.45. The Morgan fingerprint density at radius 2 is 1.94 bits per heavy atom. The lowest BCUT2D eigenvalue weighted by Crippen LogP contribution is -2.10. The van der Waals surface area contributed by atoms with Crippen molar-refractivity contribution < 1.29 is 4.39 Å². The predicted molar refractivity (Wildman–Crippen MR) is 61.2 cm³/mol. The monoisotopic (exact) mass is 219 g/mol. The minimum atomic E-state index is -0.245. The lowest BCUT2D eigenvalue weighted by Gasteiger charge is -2.08. The Morgan fingerprint density at radius 3 is 2.44 bits per heavy atom. The molecule has 0 bridgehead atoms. The average molecular weight is 219 g/mol. The molecule has 0 saturated carbocycles. The van der Waals surface area contributed by atoms with Crippen LogP contribution in [0.4, 0.5) is 4.39 Å². The highest BCUT2D eigenvalue weighted by Gasteiger charge is 2.11. The van der Waals surface area contributed by atoms with Crippen LogP contribution in [0, 0.1) is 5.82 Å². The first-order chi connectivity index (χ1) is 7.59. The van der Waals surface area contributed by atoms with Crippen LogP contribution < -0.4 is 5.73 Å². The first-order valence-electron chi connectivity index (χ1n) is 5.12. The van der Waals surface area contributed by atoms with E-state index in [0.717, 1.165) is 17.1 Å². The minimum Gasteiger partial charge on any atom is -0.330 e. The van der Waals surface area contributed by atoms with Gasteiger partial charge in [0.05, 0.1) is 11.9 Å². The summed E-state index contributed by atoms with van der Waals surface area (Å²) in [4.78, 5) is 4.30. The van der Waals surface area contributed by atoms with Crippen molar-refractivity contribution >= 4 is 0 Å². The first kappa shape index (κ1) is 10.8. The van der Waals surface area contributed by atoms with Gasteiger partial charge in [-0.05, 0) is 31.2 Å². The Kier molecular flexibility index (Phi) is 2.75. The third-order valence-corrected chi connectivity index (χ3v) is 2.59. The quantitative estimate of drug-likeness (QED) is 0.841. The molecule has 2 N–H and O–H groups in total. The van der Waals surface area contributed by atoms with E-state index >= 15 is 0 Å². The molecule has 0 aliphatic rings. The standard InChI is InChI=1S/C12H14FN3/c1-8(14)11-7-15-12(16(11)2)9-3-5-10(13)6-4-9/h3-8H,14H2,1-2H3. The van der Waals surface area contributed by atoms with Gasteiger partial charge in [-0.15, -0.1) is 0 Å². The van der Waals surface area contributed by atoms with Crippen LogP contribution in [0.2, 0.25) is 0 Å². The van der Waals surface area contributed by atoms with E-state index in [-0.39, 0.29) is 11.9 Å². The fourth-order valence-corrected chi connectivity index (χ4v) is 1.71. The summed E-state index contributed by atoms with van der Waals surface area (Å²) in [6.07, 6.45) is 1.75. The Bertz CT molecular complexity index is 485. The van der Waals surface area contributed by atoms with Crippen LogP contribution in [-0.2, 0) is 7.05 Å². The number of rotatable bonds is 2. The molecule has 1 aromatic carbocycles. The molecule has 1 heterocycles. The fourth-order valence-electron chi connectivity index (χ4n) is 1.71. The molecule has 0 fully saturated rings. The van der Waals surface area contributed by atoms with Gasteiger partial charge in [-0.25, -0.2) is 9.37 Å². The van der Waals surface area contributed by atoms with Crippen molar-refractivity contribution in [1.29, 1.82) is 0 Å². The molecule has 2 aromatic rings. The highest BCUT2D eigenvalue weighted by Crippen LogP contribution is 2.21. The molecule has 16 heavy (non-hydrogen) atoms. The van der Waals surface area contributed by atoms with Crippen molar-refractivity contribution in [2.75, 3.05) is 0 Å². The van der Waals surface area contributed by atoms with Crippen molar-refractivity contribution in [2.45, 2.75) is 13.0 Å². The SMILES string of the molecule is CC(N)c1cnc(-c2ccc(F)cc2)n1C. The lowest BCUT2D eigenvalue weighted by atomic mass is 10.2. The number of aromatic nitrogens is 2. The third-order valence-electron chi connectivity index (χ3n) is 2.59. The van der Waals surface area contributed by atoms with Crippen molar-refractivity contribution in [1.82, 2.24) is 9.55 Å². The van der Waals surface area contributed by atoms with Gasteiger partial charge in [-0.3, -0.25) is 0 Å². The summed E-state index contributed by atoms with van der Waals surface area (Å²) < 4.78 is 14.7. The van der Waals surface area contributed by atoms with Crippen LogP contribution in [0.25, 0.3) is 11.4 Å². The number of hydrogen-bond acceptors (Lipinski definition) is 2. The number of benzene rings is 1. The number of nitrogens with zero attached hydrogens (tertiary/aromatic N) is 2. The molecule has 84 valence electrons. The van der Waals surface area contributed by atoms with Crippen LogP contribution >= 0.6 is 0 Å². The normalized spacial score (nSPS) is 12.8. The number of halogens is 1. The van der Waals surface area contributed by atoms with Gasteiger partial charge in [0.25, 0.3) is 0 Å². The molecule has 0 amide bonds. The van der Waals surface area contributed by atoms with Gasteiger partial charge in [0.15, 0.2) is 0 Å². The minimum absolute atomic E-state index is 0.0632. The second-order valence-electron chi connectivity index (χ2n) is 3.86. The van der Waals surface area contributed by atoms with Crippen molar-refractivity contribution in [2.24, 2.45) is 12.8 Å². The molecule has 1 aromatic heterocycles. The summed E-state index contributed by atoms with van der Waals surface area (Å²) >= 11 is 0. The highest BCUT2D eigenvalue weighted by atomic mass is 19.1. The summed E-state index contributed by atoms with van der Waals surface area (Å²) in [6.45, 7) is 1.91. The molecular formula is C12H14FN3. The zero-order valence-corrected chi connectivity index (χ0v) is 9.31. The van der Waals surface area contributed by atoms with Gasteiger partial charge in [-0.2, -0.15) is 0 Å². The predicted octanol–water partition coefficient (Wildman–Crippen LogP) is 2.25. The third kappa shape index (κ3) is 1.84. The van der Waals surface area contributed by atoms with Gasteiger partial charge in [0.1, 0.15) is 11.6 Å². The molecule has 0 saturated heterocycles. The first-order valence-corrected chi connectivity index (χ1v) is 5.12. The van der Waals surface area contributed by atoms with E-state index in [1.165, 1.54) is 12.1 Å². The second-order valence-corrected chi connectivity index (χ2v) is 3.86. The fraction of sp³-hybridized carbons (Fsp3) is 0.250. The molecule has 1 atom stereocenters. The molecule has 0 radical (unpaired) electrons. The van der Waals surface area contributed by atoms with Crippen LogP contribution in [0.15, 0.2) is 30.5 Å². The average Bonchev–Trinajstić information content (AvgIpc) is 2.61. The molecule has 3 nitrogen and oxygen atoms in total. The molecule has 0 aliphatic carbocycles. The summed E-state index contributed by atoms with van der Waals surface area (Å²) in [5, 5.41) is 0. The Hall–Kier alpha value is -1.68. The van der Waals surface area contributed by atoms with Gasteiger partial charge in [0, 0.05) is 18.7 Å². The van der Waals surface area contributed by atoms with Crippen LogP contribution in [-0.4, -0.2) is 9.55 Å². The van der Waals surface area contributed by atoms with E-state index in [9.17, 15) is 4.39 Å². The van der Waals surface area contributed by atoms with E-state index in [2.05, 4.69) is 4.98 Å². The second kappa shape index (κ2) is 4.06. The van der Waals surface area contributed by atoms with Gasteiger partial charge in [0.2, 0.25) is 0 Å². The topological polar surface area (TPSA) is 43.8 Å². The summed E-state index contributed by atoms with van der Waals surface area (Å²) in [5.74, 6) is 0.553. The molecule has 0 spiro atoms. The van der Waals surface area contributed by atoms with Crippen LogP contribution in [0.3, 0.4) is 0 Å². The number of imidazole rings is 1. The lowest BCUT2D eigenvalue weighted by molar-refractivity contribution is 0.628. The molecule has 0 aliphatic heterocycles. The Labute approximate surface area is 93.7 Å². The highest BCUT2D eigenvalue weighted by molar-refractivity contribution is 5.56. The van der Waals surface area contributed by atoms with E-state index in [1.807, 2.05) is 18.5 Å². The van der Waals surface area contributed by atoms with E-state index in [1.54, 1.807) is 18.3 Å².